The molecule has 1 fully saturated rings. The van der Waals surface area contributed by atoms with Gasteiger partial charge in [-0.25, -0.2) is 0 Å². The molecule has 1 aliphatic rings. The first-order valence-corrected chi connectivity index (χ1v) is 6.26. The van der Waals surface area contributed by atoms with Crippen LogP contribution in [0.2, 0.25) is 0 Å². The Morgan fingerprint density at radius 1 is 1.47 bits per heavy atom. The SMILES string of the molecule is CCC(CN)CN(C)CC1CCCCO1. The van der Waals surface area contributed by atoms with Gasteiger partial charge in [0.2, 0.25) is 0 Å². The van der Waals surface area contributed by atoms with E-state index in [9.17, 15) is 0 Å². The van der Waals surface area contributed by atoms with Gasteiger partial charge in [0, 0.05) is 19.7 Å². The first-order valence-electron chi connectivity index (χ1n) is 6.26. The van der Waals surface area contributed by atoms with Crippen LogP contribution < -0.4 is 5.73 Å². The minimum atomic E-state index is 0.457. The molecule has 0 aromatic rings. The Balaban J connectivity index is 2.18. The molecule has 0 amide bonds. The Labute approximate surface area is 94.0 Å². The Hall–Kier alpha value is -0.120. The van der Waals surface area contributed by atoms with E-state index in [0.717, 1.165) is 26.2 Å². The highest BCUT2D eigenvalue weighted by molar-refractivity contribution is 4.70. The molecule has 3 nitrogen and oxygen atoms in total. The van der Waals surface area contributed by atoms with Crippen molar-refractivity contribution in [3.63, 3.8) is 0 Å². The van der Waals surface area contributed by atoms with Gasteiger partial charge in [0.1, 0.15) is 0 Å². The molecular formula is C12H26N2O. The zero-order valence-electron chi connectivity index (χ0n) is 10.2. The Kier molecular flexibility index (Phi) is 6.22. The molecule has 0 saturated carbocycles. The molecule has 1 aliphatic heterocycles. The first kappa shape index (κ1) is 12.9. The molecule has 0 bridgehead atoms. The number of ether oxygens (including phenoxy) is 1. The zero-order chi connectivity index (χ0) is 11.1. The van der Waals surface area contributed by atoms with Crippen molar-refractivity contribution in [1.82, 2.24) is 4.90 Å². The zero-order valence-corrected chi connectivity index (χ0v) is 10.2. The number of likely N-dealkylation sites (N-methyl/N-ethyl adjacent to an activating group) is 1. The molecule has 2 atom stereocenters. The molecule has 0 radical (unpaired) electrons. The van der Waals surface area contributed by atoms with E-state index < -0.39 is 0 Å². The number of hydrogen-bond acceptors (Lipinski definition) is 3. The van der Waals surface area contributed by atoms with E-state index in [1.54, 1.807) is 0 Å². The fraction of sp³-hybridized carbons (Fsp3) is 1.00. The summed E-state index contributed by atoms with van der Waals surface area (Å²) in [6, 6.07) is 0. The third-order valence-electron chi connectivity index (χ3n) is 3.27. The summed E-state index contributed by atoms with van der Waals surface area (Å²) in [5, 5.41) is 0. The van der Waals surface area contributed by atoms with Gasteiger partial charge in [0.15, 0.2) is 0 Å². The summed E-state index contributed by atoms with van der Waals surface area (Å²) in [6.07, 6.45) is 5.42. The Morgan fingerprint density at radius 3 is 2.80 bits per heavy atom. The fourth-order valence-electron chi connectivity index (χ4n) is 2.18. The average molecular weight is 214 g/mol. The second-order valence-corrected chi connectivity index (χ2v) is 4.72. The molecule has 0 aromatic heterocycles. The van der Waals surface area contributed by atoms with E-state index in [1.165, 1.54) is 25.7 Å². The van der Waals surface area contributed by atoms with Gasteiger partial charge >= 0.3 is 0 Å². The largest absolute Gasteiger partial charge is 0.377 e. The van der Waals surface area contributed by atoms with Crippen LogP contribution in [0.3, 0.4) is 0 Å². The van der Waals surface area contributed by atoms with Crippen LogP contribution >= 0.6 is 0 Å². The van der Waals surface area contributed by atoms with Crippen molar-refractivity contribution in [3.8, 4) is 0 Å². The molecule has 1 heterocycles. The van der Waals surface area contributed by atoms with Gasteiger partial charge in [-0.1, -0.05) is 13.3 Å². The van der Waals surface area contributed by atoms with Gasteiger partial charge in [-0.05, 0) is 38.8 Å². The van der Waals surface area contributed by atoms with Crippen molar-refractivity contribution in [3.05, 3.63) is 0 Å². The predicted octanol–water partition coefficient (Wildman–Crippen LogP) is 1.47. The van der Waals surface area contributed by atoms with Crippen LogP contribution in [0, 0.1) is 5.92 Å². The highest BCUT2D eigenvalue weighted by atomic mass is 16.5. The van der Waals surface area contributed by atoms with Crippen molar-refractivity contribution < 1.29 is 4.74 Å². The standard InChI is InChI=1S/C12H26N2O/c1-3-11(8-13)9-14(2)10-12-6-4-5-7-15-12/h11-12H,3-10,13H2,1-2H3. The lowest BCUT2D eigenvalue weighted by Crippen LogP contribution is -2.37. The van der Waals surface area contributed by atoms with Gasteiger partial charge in [0.05, 0.1) is 6.10 Å². The molecule has 1 saturated heterocycles. The lowest BCUT2D eigenvalue weighted by atomic mass is 10.1. The van der Waals surface area contributed by atoms with Crippen LogP contribution in [0.15, 0.2) is 0 Å². The Bertz CT molecular complexity index is 154. The molecule has 0 aromatic carbocycles. The van der Waals surface area contributed by atoms with E-state index in [-0.39, 0.29) is 0 Å². The van der Waals surface area contributed by atoms with E-state index in [2.05, 4.69) is 18.9 Å². The quantitative estimate of drug-likeness (QED) is 0.728. The molecule has 0 aliphatic carbocycles. The van der Waals surface area contributed by atoms with Crippen LogP contribution in [0.4, 0.5) is 0 Å². The Morgan fingerprint density at radius 2 is 2.27 bits per heavy atom. The monoisotopic (exact) mass is 214 g/mol. The number of hydrogen-bond donors (Lipinski definition) is 1. The van der Waals surface area contributed by atoms with E-state index >= 15 is 0 Å². The van der Waals surface area contributed by atoms with Crippen LogP contribution in [-0.2, 0) is 4.74 Å². The van der Waals surface area contributed by atoms with Crippen molar-refractivity contribution in [1.29, 1.82) is 0 Å². The fourth-order valence-corrected chi connectivity index (χ4v) is 2.18. The normalized spacial score (nSPS) is 24.4. The second kappa shape index (κ2) is 7.20. The first-order chi connectivity index (χ1) is 7.26. The third kappa shape index (κ3) is 4.96. The number of nitrogens with two attached hydrogens (primary N) is 1. The maximum Gasteiger partial charge on any atom is 0.0701 e. The van der Waals surface area contributed by atoms with Crippen LogP contribution in [-0.4, -0.2) is 44.3 Å². The minimum Gasteiger partial charge on any atom is -0.377 e. The second-order valence-electron chi connectivity index (χ2n) is 4.72. The molecule has 2 unspecified atom stereocenters. The van der Waals surface area contributed by atoms with Gasteiger partial charge in [-0.2, -0.15) is 0 Å². The molecule has 3 heteroatoms. The third-order valence-corrected chi connectivity index (χ3v) is 3.27. The lowest BCUT2D eigenvalue weighted by Gasteiger charge is -2.29. The van der Waals surface area contributed by atoms with Crippen molar-refractivity contribution in [2.24, 2.45) is 11.7 Å². The average Bonchev–Trinajstić information content (AvgIpc) is 2.27. The maximum absolute atomic E-state index is 5.72. The van der Waals surface area contributed by atoms with Gasteiger partial charge < -0.3 is 15.4 Å². The highest BCUT2D eigenvalue weighted by Gasteiger charge is 2.17. The molecule has 15 heavy (non-hydrogen) atoms. The van der Waals surface area contributed by atoms with E-state index in [1.807, 2.05) is 0 Å². The predicted molar refractivity (Wildman–Crippen MR) is 63.9 cm³/mol. The summed E-state index contributed by atoms with van der Waals surface area (Å²) in [6.45, 7) is 6.13. The summed E-state index contributed by atoms with van der Waals surface area (Å²) in [5.74, 6) is 0.638. The highest BCUT2D eigenvalue weighted by Crippen LogP contribution is 2.14. The molecular weight excluding hydrogens is 188 g/mol. The summed E-state index contributed by atoms with van der Waals surface area (Å²) in [4.78, 5) is 2.37. The summed E-state index contributed by atoms with van der Waals surface area (Å²) < 4.78 is 5.72. The van der Waals surface area contributed by atoms with Crippen LogP contribution in [0.25, 0.3) is 0 Å². The maximum atomic E-state index is 5.72. The van der Waals surface area contributed by atoms with Crippen molar-refractivity contribution in [2.75, 3.05) is 33.3 Å². The molecule has 2 N–H and O–H groups in total. The smallest absolute Gasteiger partial charge is 0.0701 e. The molecule has 90 valence electrons. The van der Waals surface area contributed by atoms with Crippen LogP contribution in [0.1, 0.15) is 32.6 Å². The van der Waals surface area contributed by atoms with Crippen LogP contribution in [0.5, 0.6) is 0 Å². The van der Waals surface area contributed by atoms with Gasteiger partial charge in [0.25, 0.3) is 0 Å². The molecule has 0 spiro atoms. The van der Waals surface area contributed by atoms with Crippen molar-refractivity contribution >= 4 is 0 Å². The lowest BCUT2D eigenvalue weighted by molar-refractivity contribution is -0.00337. The number of nitrogens with zero attached hydrogens (tertiary/aromatic N) is 1. The summed E-state index contributed by atoms with van der Waals surface area (Å²) >= 11 is 0. The van der Waals surface area contributed by atoms with E-state index in [0.29, 0.717) is 12.0 Å². The minimum absolute atomic E-state index is 0.457. The van der Waals surface area contributed by atoms with Crippen molar-refractivity contribution in [2.45, 2.75) is 38.7 Å². The topological polar surface area (TPSA) is 38.5 Å². The van der Waals surface area contributed by atoms with E-state index in [4.69, 9.17) is 10.5 Å². The summed E-state index contributed by atoms with van der Waals surface area (Å²) in [7, 11) is 2.18. The number of rotatable bonds is 6. The van der Waals surface area contributed by atoms with Gasteiger partial charge in [-0.15, -0.1) is 0 Å². The van der Waals surface area contributed by atoms with Gasteiger partial charge in [-0.3, -0.25) is 0 Å². The summed E-state index contributed by atoms with van der Waals surface area (Å²) in [5.41, 5.74) is 5.71. The molecule has 1 rings (SSSR count).